The number of benzene rings is 1. The van der Waals surface area contributed by atoms with Gasteiger partial charge in [-0.15, -0.1) is 11.3 Å². The normalized spacial score (nSPS) is 13.8. The molecule has 21 heavy (non-hydrogen) atoms. The van der Waals surface area contributed by atoms with Gasteiger partial charge in [0.05, 0.1) is 9.47 Å². The van der Waals surface area contributed by atoms with Crippen molar-refractivity contribution in [2.75, 3.05) is 10.6 Å². The van der Waals surface area contributed by atoms with Crippen molar-refractivity contribution in [2.24, 2.45) is 0 Å². The Bertz CT molecular complexity index is 698. The maximum Gasteiger partial charge on any atom is 0.224 e. The summed E-state index contributed by atoms with van der Waals surface area (Å²) < 4.78 is 16.1. The lowest BCUT2D eigenvalue weighted by molar-refractivity contribution is -0.116. The first kappa shape index (κ1) is 15.0. The molecule has 0 aliphatic carbocycles. The van der Waals surface area contributed by atoms with Gasteiger partial charge in [0, 0.05) is 28.0 Å². The number of nitrogens with one attached hydrogen (secondary N) is 2. The fourth-order valence-corrected chi connectivity index (χ4v) is 4.31. The predicted molar refractivity (Wildman–Crippen MR) is 90.4 cm³/mol. The van der Waals surface area contributed by atoms with Crippen molar-refractivity contribution in [2.45, 2.75) is 19.4 Å². The van der Waals surface area contributed by atoms with Crippen LogP contribution in [-0.2, 0) is 17.8 Å². The minimum absolute atomic E-state index is 0.0221. The second-order valence-electron chi connectivity index (χ2n) is 4.73. The Morgan fingerprint density at radius 2 is 2.10 bits per heavy atom. The van der Waals surface area contributed by atoms with Crippen molar-refractivity contribution in [3.63, 3.8) is 0 Å². The van der Waals surface area contributed by atoms with Crippen LogP contribution in [0.5, 0.6) is 0 Å². The van der Waals surface area contributed by atoms with Crippen LogP contribution >= 0.6 is 43.2 Å². The SMILES string of the molecule is O=C1CCc2cc(F)c(NCc3cc(Br)c(Br)s3)cc2N1. The van der Waals surface area contributed by atoms with Crippen LogP contribution in [0.15, 0.2) is 26.5 Å². The first-order valence-electron chi connectivity index (χ1n) is 6.33. The number of halogens is 3. The number of thiophene rings is 1. The van der Waals surface area contributed by atoms with Gasteiger partial charge in [-0.1, -0.05) is 0 Å². The summed E-state index contributed by atoms with van der Waals surface area (Å²) >= 11 is 8.45. The molecule has 0 saturated carbocycles. The van der Waals surface area contributed by atoms with E-state index in [4.69, 9.17) is 0 Å². The molecule has 0 atom stereocenters. The van der Waals surface area contributed by atoms with E-state index in [9.17, 15) is 9.18 Å². The summed E-state index contributed by atoms with van der Waals surface area (Å²) in [5.74, 6) is -0.314. The molecule has 1 aliphatic heterocycles. The van der Waals surface area contributed by atoms with Crippen LogP contribution in [0.25, 0.3) is 0 Å². The number of hydrogen-bond donors (Lipinski definition) is 2. The van der Waals surface area contributed by atoms with Crippen LogP contribution in [0, 0.1) is 5.82 Å². The first-order chi connectivity index (χ1) is 10.0. The maximum absolute atomic E-state index is 14.1. The summed E-state index contributed by atoms with van der Waals surface area (Å²) in [4.78, 5) is 12.5. The van der Waals surface area contributed by atoms with E-state index in [2.05, 4.69) is 42.5 Å². The third kappa shape index (κ3) is 3.30. The molecule has 7 heteroatoms. The monoisotopic (exact) mass is 432 g/mol. The van der Waals surface area contributed by atoms with Crippen molar-refractivity contribution in [3.8, 4) is 0 Å². The highest BCUT2D eigenvalue weighted by Gasteiger charge is 2.17. The molecule has 2 heterocycles. The van der Waals surface area contributed by atoms with Gasteiger partial charge in [0.2, 0.25) is 5.91 Å². The lowest BCUT2D eigenvalue weighted by Gasteiger charge is -2.18. The van der Waals surface area contributed by atoms with E-state index in [1.165, 1.54) is 6.07 Å². The molecule has 0 fully saturated rings. The quantitative estimate of drug-likeness (QED) is 0.721. The number of fused-ring (bicyclic) bond motifs is 1. The summed E-state index contributed by atoms with van der Waals surface area (Å²) in [6, 6.07) is 5.15. The Hall–Kier alpha value is -0.920. The molecule has 1 amide bonds. The summed E-state index contributed by atoms with van der Waals surface area (Å²) in [5.41, 5.74) is 1.94. The highest BCUT2D eigenvalue weighted by atomic mass is 79.9. The number of amides is 1. The molecule has 0 radical (unpaired) electrons. The van der Waals surface area contributed by atoms with Crippen molar-refractivity contribution >= 4 is 60.5 Å². The van der Waals surface area contributed by atoms with Gasteiger partial charge in [-0.05, 0) is 62.0 Å². The zero-order chi connectivity index (χ0) is 15.0. The van der Waals surface area contributed by atoms with Crippen LogP contribution in [0.1, 0.15) is 16.9 Å². The summed E-state index contributed by atoms with van der Waals surface area (Å²) in [7, 11) is 0. The summed E-state index contributed by atoms with van der Waals surface area (Å²) in [6.45, 7) is 0.526. The van der Waals surface area contributed by atoms with Gasteiger partial charge in [-0.3, -0.25) is 4.79 Å². The van der Waals surface area contributed by atoms with Gasteiger partial charge in [0.25, 0.3) is 0 Å². The lowest BCUT2D eigenvalue weighted by atomic mass is 10.0. The molecular weight excluding hydrogens is 423 g/mol. The summed E-state index contributed by atoms with van der Waals surface area (Å²) in [6.07, 6.45) is 1.000. The number of hydrogen-bond acceptors (Lipinski definition) is 3. The maximum atomic E-state index is 14.1. The first-order valence-corrected chi connectivity index (χ1v) is 8.73. The highest BCUT2D eigenvalue weighted by Crippen LogP contribution is 2.33. The zero-order valence-electron chi connectivity index (χ0n) is 10.8. The Morgan fingerprint density at radius 1 is 1.29 bits per heavy atom. The van der Waals surface area contributed by atoms with Gasteiger partial charge >= 0.3 is 0 Å². The van der Waals surface area contributed by atoms with Crippen molar-refractivity contribution < 1.29 is 9.18 Å². The van der Waals surface area contributed by atoms with Crippen LogP contribution in [0.2, 0.25) is 0 Å². The molecule has 1 aliphatic rings. The van der Waals surface area contributed by atoms with E-state index >= 15 is 0 Å². The molecule has 0 saturated heterocycles. The van der Waals surface area contributed by atoms with Crippen LogP contribution in [0.3, 0.4) is 0 Å². The number of carbonyl (C=O) groups excluding carboxylic acids is 1. The Kier molecular flexibility index (Phi) is 4.33. The van der Waals surface area contributed by atoms with Gasteiger partial charge in [0.1, 0.15) is 5.82 Å². The Labute approximate surface area is 142 Å². The van der Waals surface area contributed by atoms with Crippen LogP contribution in [0.4, 0.5) is 15.8 Å². The fraction of sp³-hybridized carbons (Fsp3) is 0.214. The Balaban J connectivity index is 1.79. The van der Waals surface area contributed by atoms with Crippen LogP contribution in [-0.4, -0.2) is 5.91 Å². The molecule has 0 spiro atoms. The lowest BCUT2D eigenvalue weighted by Crippen LogP contribution is -2.19. The van der Waals surface area contributed by atoms with Crippen molar-refractivity contribution in [1.82, 2.24) is 0 Å². The molecule has 3 rings (SSSR count). The summed E-state index contributed by atoms with van der Waals surface area (Å²) in [5, 5.41) is 5.86. The molecule has 2 aromatic rings. The van der Waals surface area contributed by atoms with E-state index in [1.54, 1.807) is 17.4 Å². The third-order valence-corrected chi connectivity index (χ3v) is 6.49. The standard InChI is InChI=1S/C14H11Br2FN2OS/c15-9-4-8(21-14(9)16)6-18-12-5-11-7(3-10(12)17)1-2-13(20)19-11/h3-5,18H,1-2,6H2,(H,19,20). The van der Waals surface area contributed by atoms with Gasteiger partial charge in [0.15, 0.2) is 0 Å². The second-order valence-corrected chi connectivity index (χ2v) is 8.03. The van der Waals surface area contributed by atoms with Crippen molar-refractivity contribution in [3.05, 3.63) is 42.7 Å². The second kappa shape index (κ2) is 6.06. The number of carbonyl (C=O) groups is 1. The number of rotatable bonds is 3. The Morgan fingerprint density at radius 3 is 2.81 bits per heavy atom. The number of anilines is 2. The zero-order valence-corrected chi connectivity index (χ0v) is 14.8. The van der Waals surface area contributed by atoms with E-state index in [1.807, 2.05) is 6.07 Å². The van der Waals surface area contributed by atoms with Gasteiger partial charge in [-0.2, -0.15) is 0 Å². The van der Waals surface area contributed by atoms with E-state index in [0.29, 0.717) is 30.8 Å². The largest absolute Gasteiger partial charge is 0.378 e. The highest BCUT2D eigenvalue weighted by molar-refractivity contribution is 9.13. The smallest absolute Gasteiger partial charge is 0.224 e. The molecule has 3 nitrogen and oxygen atoms in total. The molecular formula is C14H11Br2FN2OS. The molecule has 1 aromatic heterocycles. The topological polar surface area (TPSA) is 41.1 Å². The van der Waals surface area contributed by atoms with E-state index in [-0.39, 0.29) is 11.7 Å². The molecule has 110 valence electrons. The molecule has 0 unspecified atom stereocenters. The van der Waals surface area contributed by atoms with Crippen molar-refractivity contribution in [1.29, 1.82) is 0 Å². The van der Waals surface area contributed by atoms with E-state index in [0.717, 1.165) is 18.7 Å². The van der Waals surface area contributed by atoms with Gasteiger partial charge in [-0.25, -0.2) is 4.39 Å². The minimum Gasteiger partial charge on any atom is -0.378 e. The minimum atomic E-state index is -0.292. The molecule has 2 N–H and O–H groups in total. The third-order valence-electron chi connectivity index (χ3n) is 3.24. The fourth-order valence-electron chi connectivity index (χ4n) is 2.19. The molecule has 0 bridgehead atoms. The van der Waals surface area contributed by atoms with Gasteiger partial charge < -0.3 is 10.6 Å². The van der Waals surface area contributed by atoms with Crippen LogP contribution < -0.4 is 10.6 Å². The average Bonchev–Trinajstić information content (AvgIpc) is 2.76. The average molecular weight is 434 g/mol. The molecule has 1 aromatic carbocycles. The van der Waals surface area contributed by atoms with E-state index < -0.39 is 0 Å². The predicted octanol–water partition coefficient (Wildman–Crippen LogP) is 4.91. The number of aryl methyl sites for hydroxylation is 1.